The molecule has 1 saturated carbocycles. The van der Waals surface area contributed by atoms with Gasteiger partial charge in [0, 0.05) is 37.9 Å². The van der Waals surface area contributed by atoms with Crippen LogP contribution < -0.4 is 4.90 Å². The molecular weight excluding hydrogens is 328 g/mol. The molecule has 6 rings (SSSR count). The molecule has 3 aromatic heterocycles. The van der Waals surface area contributed by atoms with Gasteiger partial charge in [-0.1, -0.05) is 0 Å². The summed E-state index contributed by atoms with van der Waals surface area (Å²) < 4.78 is 4.29. The fraction of sp³-hybridized carbons (Fsp3) is 0.611. The first-order valence-electron chi connectivity index (χ1n) is 9.76. The maximum atomic E-state index is 4.88. The Balaban J connectivity index is 1.31. The molecule has 0 amide bonds. The summed E-state index contributed by atoms with van der Waals surface area (Å²) in [6, 6.07) is 4.12. The molecule has 8 heteroatoms. The van der Waals surface area contributed by atoms with Gasteiger partial charge in [-0.25, -0.2) is 0 Å². The van der Waals surface area contributed by atoms with Crippen LogP contribution in [0.2, 0.25) is 0 Å². The van der Waals surface area contributed by atoms with Crippen LogP contribution in [0.25, 0.3) is 5.65 Å². The van der Waals surface area contributed by atoms with Gasteiger partial charge < -0.3 is 9.47 Å². The Hall–Kier alpha value is -2.51. The van der Waals surface area contributed by atoms with E-state index in [-0.39, 0.29) is 0 Å². The van der Waals surface area contributed by atoms with Crippen molar-refractivity contribution in [2.45, 2.75) is 56.9 Å². The highest BCUT2D eigenvalue weighted by Gasteiger charge is 2.31. The lowest BCUT2D eigenvalue weighted by atomic mass is 9.97. The molecule has 2 fully saturated rings. The third-order valence-electron chi connectivity index (χ3n) is 5.96. The van der Waals surface area contributed by atoms with Crippen LogP contribution >= 0.6 is 0 Å². The van der Waals surface area contributed by atoms with Gasteiger partial charge in [-0.3, -0.25) is 0 Å². The molecule has 8 nitrogen and oxygen atoms in total. The minimum atomic E-state index is 0.435. The van der Waals surface area contributed by atoms with Crippen LogP contribution in [0.3, 0.4) is 0 Å². The number of aryl methyl sites for hydroxylation is 1. The summed E-state index contributed by atoms with van der Waals surface area (Å²) in [5.74, 6) is 5.35. The van der Waals surface area contributed by atoms with E-state index in [0.717, 1.165) is 55.6 Å². The highest BCUT2D eigenvalue weighted by molar-refractivity contribution is 5.47. The Morgan fingerprint density at radius 2 is 1.77 bits per heavy atom. The molecule has 1 atom stereocenters. The second-order valence-corrected chi connectivity index (χ2v) is 7.81. The van der Waals surface area contributed by atoms with E-state index < -0.39 is 0 Å². The van der Waals surface area contributed by atoms with E-state index in [2.05, 4.69) is 35.9 Å². The first-order chi connectivity index (χ1) is 12.9. The molecule has 0 aromatic carbocycles. The summed E-state index contributed by atoms with van der Waals surface area (Å²) >= 11 is 0. The van der Waals surface area contributed by atoms with Crippen LogP contribution in [0, 0.1) is 0 Å². The molecule has 2 aliphatic heterocycles. The summed E-state index contributed by atoms with van der Waals surface area (Å²) in [7, 11) is 0. The molecular formula is C18H22N8. The van der Waals surface area contributed by atoms with Crippen molar-refractivity contribution in [3.8, 4) is 0 Å². The van der Waals surface area contributed by atoms with Crippen LogP contribution in [-0.4, -0.2) is 47.7 Å². The number of rotatable bonds is 3. The van der Waals surface area contributed by atoms with E-state index in [1.165, 1.54) is 31.5 Å². The second kappa shape index (κ2) is 5.49. The molecule has 134 valence electrons. The number of nitrogens with zero attached hydrogens (tertiary/aromatic N) is 8. The van der Waals surface area contributed by atoms with Crippen molar-refractivity contribution in [3.05, 3.63) is 29.6 Å². The van der Waals surface area contributed by atoms with E-state index in [1.807, 2.05) is 10.6 Å². The van der Waals surface area contributed by atoms with Crippen molar-refractivity contribution in [1.29, 1.82) is 0 Å². The van der Waals surface area contributed by atoms with Crippen LogP contribution in [0.5, 0.6) is 0 Å². The van der Waals surface area contributed by atoms with Crippen molar-refractivity contribution in [1.82, 2.24) is 34.6 Å². The molecule has 0 spiro atoms. The Morgan fingerprint density at radius 3 is 2.69 bits per heavy atom. The minimum Gasteiger partial charge on any atom is -0.354 e. The smallest absolute Gasteiger partial charge is 0.178 e. The average Bonchev–Trinajstić information content (AvgIpc) is 3.09. The van der Waals surface area contributed by atoms with Crippen molar-refractivity contribution < 1.29 is 0 Å². The van der Waals surface area contributed by atoms with Gasteiger partial charge in [-0.05, 0) is 44.2 Å². The molecule has 0 N–H and O–H groups in total. The summed E-state index contributed by atoms with van der Waals surface area (Å²) in [6.07, 6.45) is 7.01. The molecule has 26 heavy (non-hydrogen) atoms. The Kier molecular flexibility index (Phi) is 3.09. The fourth-order valence-electron chi connectivity index (χ4n) is 4.43. The van der Waals surface area contributed by atoms with Crippen molar-refractivity contribution in [2.75, 3.05) is 18.0 Å². The molecule has 1 saturated heterocycles. The number of hydrogen-bond acceptors (Lipinski definition) is 6. The third kappa shape index (κ3) is 2.24. The molecule has 0 bridgehead atoms. The van der Waals surface area contributed by atoms with E-state index in [1.54, 1.807) is 0 Å². The lowest BCUT2D eigenvalue weighted by Gasteiger charge is -2.33. The summed E-state index contributed by atoms with van der Waals surface area (Å²) in [5, 5.41) is 22.4. The largest absolute Gasteiger partial charge is 0.354 e. The van der Waals surface area contributed by atoms with Gasteiger partial charge in [0.15, 0.2) is 11.5 Å². The number of fused-ring (bicyclic) bond motifs is 2. The minimum absolute atomic E-state index is 0.435. The number of aromatic nitrogens is 7. The number of anilines is 1. The van der Waals surface area contributed by atoms with E-state index in [4.69, 9.17) is 5.10 Å². The second-order valence-electron chi connectivity index (χ2n) is 7.81. The summed E-state index contributed by atoms with van der Waals surface area (Å²) in [6.45, 7) is 3.07. The van der Waals surface area contributed by atoms with Gasteiger partial charge >= 0.3 is 0 Å². The first-order valence-corrected chi connectivity index (χ1v) is 9.76. The normalized spacial score (nSPS) is 22.9. The summed E-state index contributed by atoms with van der Waals surface area (Å²) in [5.41, 5.74) is 0.847. The van der Waals surface area contributed by atoms with Gasteiger partial charge in [0.25, 0.3) is 0 Å². The molecule has 5 heterocycles. The van der Waals surface area contributed by atoms with Crippen molar-refractivity contribution in [3.63, 3.8) is 0 Å². The number of piperidine rings is 1. The monoisotopic (exact) mass is 350 g/mol. The molecule has 3 aromatic rings. The quantitative estimate of drug-likeness (QED) is 0.718. The van der Waals surface area contributed by atoms with Crippen LogP contribution in [0.1, 0.15) is 61.4 Å². The van der Waals surface area contributed by atoms with Gasteiger partial charge in [0.2, 0.25) is 0 Å². The van der Waals surface area contributed by atoms with Crippen LogP contribution in [0.4, 0.5) is 5.82 Å². The zero-order valence-corrected chi connectivity index (χ0v) is 14.8. The van der Waals surface area contributed by atoms with E-state index in [9.17, 15) is 0 Å². The topological polar surface area (TPSA) is 77.0 Å². The Labute approximate surface area is 151 Å². The van der Waals surface area contributed by atoms with E-state index >= 15 is 0 Å². The fourth-order valence-corrected chi connectivity index (χ4v) is 4.43. The average molecular weight is 350 g/mol. The molecule has 1 unspecified atom stereocenters. The Bertz CT molecular complexity index is 969. The van der Waals surface area contributed by atoms with E-state index in [0.29, 0.717) is 11.8 Å². The zero-order valence-electron chi connectivity index (χ0n) is 14.8. The van der Waals surface area contributed by atoms with Crippen molar-refractivity contribution in [2.24, 2.45) is 0 Å². The molecule has 0 radical (unpaired) electrons. The maximum Gasteiger partial charge on any atom is 0.178 e. The van der Waals surface area contributed by atoms with Gasteiger partial charge in [0.05, 0.1) is 0 Å². The maximum absolute atomic E-state index is 4.88. The van der Waals surface area contributed by atoms with Crippen LogP contribution in [0.15, 0.2) is 12.1 Å². The lowest BCUT2D eigenvalue weighted by molar-refractivity contribution is 0.469. The van der Waals surface area contributed by atoms with Gasteiger partial charge in [-0.15, -0.1) is 25.5 Å². The highest BCUT2D eigenvalue weighted by atomic mass is 15.4. The standard InChI is InChI=1S/C18H22N8/c1-3-13(17-21-19-14-4-2-10-25(14)17)11-24(9-1)16-8-7-15-20-22-18(12-5-6-12)26(15)23-16/h7-8,12-13H,1-6,9-11H2. The molecule has 3 aliphatic rings. The van der Waals surface area contributed by atoms with Crippen LogP contribution in [-0.2, 0) is 13.0 Å². The predicted octanol–water partition coefficient (Wildman–Crippen LogP) is 1.92. The number of hydrogen-bond donors (Lipinski definition) is 0. The van der Waals surface area contributed by atoms with Gasteiger partial charge in [0.1, 0.15) is 17.5 Å². The third-order valence-corrected chi connectivity index (χ3v) is 5.96. The van der Waals surface area contributed by atoms with Gasteiger partial charge in [-0.2, -0.15) is 4.52 Å². The molecule has 1 aliphatic carbocycles. The predicted molar refractivity (Wildman–Crippen MR) is 95.3 cm³/mol. The van der Waals surface area contributed by atoms with Crippen molar-refractivity contribution >= 4 is 11.5 Å². The lowest BCUT2D eigenvalue weighted by Crippen LogP contribution is -2.36. The summed E-state index contributed by atoms with van der Waals surface area (Å²) in [4.78, 5) is 2.39. The Morgan fingerprint density at radius 1 is 0.846 bits per heavy atom. The highest BCUT2D eigenvalue weighted by Crippen LogP contribution is 2.39. The zero-order chi connectivity index (χ0) is 17.1. The first kappa shape index (κ1) is 14.6. The SMILES string of the molecule is c1cc2nnc(C3CC3)n2nc1N1CCCC(c2nnc3n2CCC3)C1.